The molecule has 0 unspecified atom stereocenters. The SMILES string of the molecule is COc1ccccc1-c1nc2c3ccccc3nc(Cl)n2n1. The van der Waals surface area contributed by atoms with E-state index in [2.05, 4.69) is 15.1 Å². The summed E-state index contributed by atoms with van der Waals surface area (Å²) in [7, 11) is 1.62. The minimum Gasteiger partial charge on any atom is -0.496 e. The van der Waals surface area contributed by atoms with Crippen molar-refractivity contribution in [2.24, 2.45) is 0 Å². The molecule has 0 bridgehead atoms. The molecule has 6 heteroatoms. The second-order valence-electron chi connectivity index (χ2n) is 4.77. The number of methoxy groups -OCH3 is 1. The van der Waals surface area contributed by atoms with E-state index in [1.165, 1.54) is 0 Å². The second-order valence-corrected chi connectivity index (χ2v) is 5.11. The molecule has 0 amide bonds. The predicted octanol–water partition coefficient (Wildman–Crippen LogP) is 3.61. The lowest BCUT2D eigenvalue weighted by Crippen LogP contribution is -1.94. The quantitative estimate of drug-likeness (QED) is 0.531. The first-order valence-corrected chi connectivity index (χ1v) is 7.10. The second kappa shape index (κ2) is 4.96. The highest BCUT2D eigenvalue weighted by molar-refractivity contribution is 6.29. The van der Waals surface area contributed by atoms with Crippen LogP contribution in [0.4, 0.5) is 0 Å². The van der Waals surface area contributed by atoms with E-state index in [9.17, 15) is 0 Å². The summed E-state index contributed by atoms with van der Waals surface area (Å²) in [5.41, 5.74) is 2.28. The molecule has 0 aliphatic carbocycles. The van der Waals surface area contributed by atoms with Gasteiger partial charge in [0.15, 0.2) is 11.5 Å². The van der Waals surface area contributed by atoms with Crippen molar-refractivity contribution in [3.63, 3.8) is 0 Å². The minimum atomic E-state index is 0.280. The molecule has 4 aromatic rings. The Labute approximate surface area is 131 Å². The van der Waals surface area contributed by atoms with Crippen LogP contribution in [0, 0.1) is 0 Å². The monoisotopic (exact) mass is 310 g/mol. The number of halogens is 1. The summed E-state index contributed by atoms with van der Waals surface area (Å²) in [6, 6.07) is 15.3. The van der Waals surface area contributed by atoms with Gasteiger partial charge in [-0.05, 0) is 35.9 Å². The van der Waals surface area contributed by atoms with E-state index in [4.69, 9.17) is 16.3 Å². The van der Waals surface area contributed by atoms with Crippen LogP contribution >= 0.6 is 11.6 Å². The highest BCUT2D eigenvalue weighted by Crippen LogP contribution is 2.29. The van der Waals surface area contributed by atoms with Gasteiger partial charge in [0.2, 0.25) is 5.28 Å². The standard InChI is InChI=1S/C16H11ClN4O/c1-22-13-9-5-3-7-11(13)14-19-15-10-6-2-4-8-12(10)18-16(17)21(15)20-14/h2-9H,1H3. The van der Waals surface area contributed by atoms with Gasteiger partial charge in [0.25, 0.3) is 0 Å². The number of rotatable bonds is 2. The van der Waals surface area contributed by atoms with Crippen LogP contribution in [0.5, 0.6) is 5.75 Å². The summed E-state index contributed by atoms with van der Waals surface area (Å²) in [6.45, 7) is 0. The van der Waals surface area contributed by atoms with Gasteiger partial charge in [-0.1, -0.05) is 24.3 Å². The van der Waals surface area contributed by atoms with Crippen molar-refractivity contribution < 1.29 is 4.74 Å². The largest absolute Gasteiger partial charge is 0.496 e. The van der Waals surface area contributed by atoms with E-state index in [1.807, 2.05) is 48.5 Å². The number of aromatic nitrogens is 4. The summed E-state index contributed by atoms with van der Waals surface area (Å²) in [6.07, 6.45) is 0. The normalized spacial score (nSPS) is 11.2. The van der Waals surface area contributed by atoms with Crippen LogP contribution in [0.15, 0.2) is 48.5 Å². The molecule has 2 aromatic heterocycles. The number of hydrogen-bond acceptors (Lipinski definition) is 4. The Morgan fingerprint density at radius 2 is 1.77 bits per heavy atom. The lowest BCUT2D eigenvalue weighted by atomic mass is 10.2. The maximum absolute atomic E-state index is 6.23. The third-order valence-corrected chi connectivity index (χ3v) is 3.73. The molecule has 0 atom stereocenters. The van der Waals surface area contributed by atoms with Crippen LogP contribution in [0.1, 0.15) is 0 Å². The maximum atomic E-state index is 6.23. The zero-order valence-electron chi connectivity index (χ0n) is 11.7. The average molecular weight is 311 g/mol. The lowest BCUT2D eigenvalue weighted by molar-refractivity contribution is 0.416. The Morgan fingerprint density at radius 1 is 1.00 bits per heavy atom. The number of benzene rings is 2. The van der Waals surface area contributed by atoms with Crippen molar-refractivity contribution in [2.75, 3.05) is 7.11 Å². The van der Waals surface area contributed by atoms with Gasteiger partial charge in [0.05, 0.1) is 18.2 Å². The van der Waals surface area contributed by atoms with Crippen molar-refractivity contribution in [1.82, 2.24) is 19.6 Å². The molecule has 0 saturated heterocycles. The number of ether oxygens (including phenoxy) is 1. The first kappa shape index (κ1) is 13.0. The zero-order chi connectivity index (χ0) is 15.1. The van der Waals surface area contributed by atoms with Crippen LogP contribution in [0.2, 0.25) is 5.28 Å². The van der Waals surface area contributed by atoms with E-state index in [0.29, 0.717) is 17.2 Å². The maximum Gasteiger partial charge on any atom is 0.226 e. The van der Waals surface area contributed by atoms with Crippen molar-refractivity contribution in [1.29, 1.82) is 0 Å². The highest BCUT2D eigenvalue weighted by Gasteiger charge is 2.15. The number of para-hydroxylation sites is 2. The van der Waals surface area contributed by atoms with Crippen LogP contribution in [-0.4, -0.2) is 26.7 Å². The van der Waals surface area contributed by atoms with Gasteiger partial charge in [0, 0.05) is 5.39 Å². The first-order chi connectivity index (χ1) is 10.8. The molecule has 108 valence electrons. The van der Waals surface area contributed by atoms with Crippen LogP contribution in [0.25, 0.3) is 27.9 Å². The van der Waals surface area contributed by atoms with Gasteiger partial charge in [0.1, 0.15) is 5.75 Å². The zero-order valence-corrected chi connectivity index (χ0v) is 12.4. The van der Waals surface area contributed by atoms with Crippen molar-refractivity contribution in [3.8, 4) is 17.1 Å². The minimum absolute atomic E-state index is 0.280. The molecule has 5 nitrogen and oxygen atoms in total. The molecule has 0 N–H and O–H groups in total. The summed E-state index contributed by atoms with van der Waals surface area (Å²) in [5.74, 6) is 1.27. The number of fused-ring (bicyclic) bond motifs is 3. The van der Waals surface area contributed by atoms with Gasteiger partial charge in [-0.15, -0.1) is 5.10 Å². The summed E-state index contributed by atoms with van der Waals surface area (Å²) >= 11 is 6.23. The molecule has 0 fully saturated rings. The highest BCUT2D eigenvalue weighted by atomic mass is 35.5. The first-order valence-electron chi connectivity index (χ1n) is 6.72. The van der Waals surface area contributed by atoms with Crippen LogP contribution in [-0.2, 0) is 0 Å². The molecule has 0 aliphatic heterocycles. The van der Waals surface area contributed by atoms with Gasteiger partial charge in [-0.2, -0.15) is 4.52 Å². The summed E-state index contributed by atoms with van der Waals surface area (Å²) in [4.78, 5) is 8.98. The van der Waals surface area contributed by atoms with E-state index in [1.54, 1.807) is 11.6 Å². The van der Waals surface area contributed by atoms with Gasteiger partial charge < -0.3 is 4.74 Å². The third-order valence-electron chi connectivity index (χ3n) is 3.49. The topological polar surface area (TPSA) is 52.3 Å². The Kier molecular flexibility index (Phi) is 2.94. The van der Waals surface area contributed by atoms with E-state index < -0.39 is 0 Å². The molecule has 2 aromatic carbocycles. The number of hydrogen-bond donors (Lipinski definition) is 0. The van der Waals surface area contributed by atoms with E-state index >= 15 is 0 Å². The van der Waals surface area contributed by atoms with Gasteiger partial charge in [-0.3, -0.25) is 0 Å². The van der Waals surface area contributed by atoms with Crippen LogP contribution < -0.4 is 4.74 Å². The van der Waals surface area contributed by atoms with Crippen molar-refractivity contribution in [3.05, 3.63) is 53.8 Å². The fourth-order valence-electron chi connectivity index (χ4n) is 2.47. The fourth-order valence-corrected chi connectivity index (χ4v) is 2.67. The third kappa shape index (κ3) is 1.90. The molecule has 2 heterocycles. The summed E-state index contributed by atoms with van der Waals surface area (Å²) < 4.78 is 6.92. The van der Waals surface area contributed by atoms with Crippen molar-refractivity contribution >= 4 is 28.2 Å². The summed E-state index contributed by atoms with van der Waals surface area (Å²) in [5, 5.41) is 5.66. The Morgan fingerprint density at radius 3 is 2.64 bits per heavy atom. The molecule has 0 radical (unpaired) electrons. The molecular formula is C16H11ClN4O. The van der Waals surface area contributed by atoms with E-state index in [0.717, 1.165) is 16.5 Å². The van der Waals surface area contributed by atoms with Gasteiger partial charge in [-0.25, -0.2) is 9.97 Å². The Bertz CT molecular complexity index is 996. The lowest BCUT2D eigenvalue weighted by Gasteiger charge is -2.03. The van der Waals surface area contributed by atoms with Crippen LogP contribution in [0.3, 0.4) is 0 Å². The molecule has 4 rings (SSSR count). The molecule has 0 saturated carbocycles. The smallest absolute Gasteiger partial charge is 0.226 e. The molecular weight excluding hydrogens is 300 g/mol. The Balaban J connectivity index is 2.05. The van der Waals surface area contributed by atoms with Crippen molar-refractivity contribution in [2.45, 2.75) is 0 Å². The van der Waals surface area contributed by atoms with Gasteiger partial charge >= 0.3 is 0 Å². The Hall–Kier alpha value is -2.66. The molecule has 0 spiro atoms. The predicted molar refractivity (Wildman–Crippen MR) is 85.3 cm³/mol. The number of nitrogens with zero attached hydrogens (tertiary/aromatic N) is 4. The average Bonchev–Trinajstić information content (AvgIpc) is 3.01. The fraction of sp³-hybridized carbons (Fsp3) is 0.0625. The van der Waals surface area contributed by atoms with E-state index in [-0.39, 0.29) is 5.28 Å². The molecule has 0 aliphatic rings. The molecule has 22 heavy (non-hydrogen) atoms.